The quantitative estimate of drug-likeness (QED) is 0.644. The second kappa shape index (κ2) is 7.24. The molecule has 0 aromatic carbocycles. The molecule has 0 radical (unpaired) electrons. The predicted octanol–water partition coefficient (Wildman–Crippen LogP) is 1.18. The summed E-state index contributed by atoms with van der Waals surface area (Å²) in [5, 5.41) is 9.26. The van der Waals surface area contributed by atoms with E-state index in [0.717, 1.165) is 13.1 Å². The molecule has 0 saturated carbocycles. The number of nitrogens with one attached hydrogen (secondary N) is 1. The van der Waals surface area contributed by atoms with Gasteiger partial charge in [0.2, 0.25) is 0 Å². The smallest absolute Gasteiger partial charge is 0.0690 e. The average molecular weight is 204 g/mol. The van der Waals surface area contributed by atoms with Gasteiger partial charge in [-0.05, 0) is 0 Å². The van der Waals surface area contributed by atoms with E-state index in [1.54, 1.807) is 12.4 Å². The molecule has 0 amide bonds. The minimum absolute atomic E-state index is 0.757. The second-order valence-electron chi connectivity index (χ2n) is 0.703. The fourth-order valence-electron chi connectivity index (χ4n) is 0.167. The van der Waals surface area contributed by atoms with Gasteiger partial charge in [0.15, 0.2) is 0 Å². The normalized spacial score (nSPS) is 7.75. The van der Waals surface area contributed by atoms with Crippen molar-refractivity contribution in [3.8, 4) is 0 Å². The zero-order valence-electron chi connectivity index (χ0n) is 3.61. The van der Waals surface area contributed by atoms with Gasteiger partial charge < -0.3 is 0 Å². The molecule has 0 bridgehead atoms. The summed E-state index contributed by atoms with van der Waals surface area (Å²) >= 11 is 0.757. The molecule has 3 nitrogen and oxygen atoms in total. The molecule has 0 atom stereocenters. The Hall–Kier alpha value is 0.239. The first-order chi connectivity index (χ1) is 3.91. The van der Waals surface area contributed by atoms with Crippen molar-refractivity contribution < 1.29 is 13.1 Å². The van der Waals surface area contributed by atoms with E-state index in [-0.39, 0.29) is 0 Å². The van der Waals surface area contributed by atoms with Crippen molar-refractivity contribution in [2.24, 2.45) is 0 Å². The van der Waals surface area contributed by atoms with Gasteiger partial charge in [-0.15, -0.1) is 5.10 Å². The summed E-state index contributed by atoms with van der Waals surface area (Å²) in [6.45, 7) is 0. The molecule has 51 valence electrons. The largest absolute Gasteiger partial charge is 0.266 e. The topological polar surface area (TPSA) is 41.6 Å². The first kappa shape index (κ1) is 8.24. The van der Waals surface area contributed by atoms with Crippen molar-refractivity contribution in [2.75, 3.05) is 0 Å². The Kier molecular flexibility index (Phi) is 7.46. The Labute approximate surface area is 61.4 Å². The van der Waals surface area contributed by atoms with E-state index in [1.165, 1.54) is 0 Å². The van der Waals surface area contributed by atoms with Crippen LogP contribution in [0.25, 0.3) is 0 Å². The number of H-pyrrole nitrogens is 1. The van der Waals surface area contributed by atoms with Crippen LogP contribution < -0.4 is 0 Å². The molecule has 0 saturated heterocycles. The molecule has 1 rings (SSSR count). The zero-order valence-corrected chi connectivity index (χ0v) is 6.06. The molecular formula is C2H3Cl2CuN3. The Morgan fingerprint density at radius 2 is 2.12 bits per heavy atom. The Morgan fingerprint density at radius 1 is 1.50 bits per heavy atom. The van der Waals surface area contributed by atoms with Crippen molar-refractivity contribution in [1.29, 1.82) is 0 Å². The molecule has 0 fully saturated rings. The number of aromatic amines is 1. The number of aromatic nitrogens is 3. The van der Waals surface area contributed by atoms with E-state index in [4.69, 9.17) is 0 Å². The molecule has 0 aliphatic heterocycles. The van der Waals surface area contributed by atoms with Crippen LogP contribution >= 0.6 is 20.2 Å². The summed E-state index contributed by atoms with van der Waals surface area (Å²) in [5.74, 6) is 0. The van der Waals surface area contributed by atoms with Crippen LogP contribution in [0.3, 0.4) is 0 Å². The SMILES string of the molecule is [Cl][Cu][Cl].c1c[nH]nn1. The molecule has 8 heavy (non-hydrogen) atoms. The van der Waals surface area contributed by atoms with E-state index in [1.807, 2.05) is 0 Å². The van der Waals surface area contributed by atoms with Gasteiger partial charge in [0.05, 0.1) is 6.20 Å². The van der Waals surface area contributed by atoms with Crippen LogP contribution in [0.4, 0.5) is 0 Å². The third-order valence-corrected chi connectivity index (χ3v) is 0.331. The summed E-state index contributed by atoms with van der Waals surface area (Å²) in [6, 6.07) is 0. The molecule has 1 aromatic heterocycles. The van der Waals surface area contributed by atoms with Crippen molar-refractivity contribution in [3.05, 3.63) is 12.4 Å². The number of hydrogen-bond donors (Lipinski definition) is 1. The molecule has 0 aliphatic carbocycles. The average Bonchev–Trinajstić information content (AvgIpc) is 2.17. The predicted molar refractivity (Wildman–Crippen MR) is 28.1 cm³/mol. The van der Waals surface area contributed by atoms with Gasteiger partial charge in [-0.1, -0.05) is 5.21 Å². The van der Waals surface area contributed by atoms with Crippen LogP contribution in [0, 0.1) is 0 Å². The van der Waals surface area contributed by atoms with E-state index >= 15 is 0 Å². The van der Waals surface area contributed by atoms with Gasteiger partial charge in [-0.2, -0.15) is 0 Å². The number of halogens is 2. The summed E-state index contributed by atoms with van der Waals surface area (Å²) in [6.07, 6.45) is 3.24. The number of rotatable bonds is 0. The van der Waals surface area contributed by atoms with E-state index in [0.29, 0.717) is 0 Å². The van der Waals surface area contributed by atoms with Crippen LogP contribution in [0.5, 0.6) is 0 Å². The van der Waals surface area contributed by atoms with Crippen molar-refractivity contribution in [1.82, 2.24) is 15.4 Å². The molecule has 0 aliphatic rings. The summed E-state index contributed by atoms with van der Waals surface area (Å²) < 4.78 is 0. The van der Waals surface area contributed by atoms with Gasteiger partial charge >= 0.3 is 33.3 Å². The van der Waals surface area contributed by atoms with Crippen LogP contribution in [-0.2, 0) is 13.1 Å². The Morgan fingerprint density at radius 3 is 2.25 bits per heavy atom. The number of nitrogens with zero attached hydrogens (tertiary/aromatic N) is 2. The molecule has 6 heteroatoms. The van der Waals surface area contributed by atoms with Crippen LogP contribution in [-0.4, -0.2) is 15.4 Å². The van der Waals surface area contributed by atoms with Crippen molar-refractivity contribution in [3.63, 3.8) is 0 Å². The monoisotopic (exact) mass is 202 g/mol. The fourth-order valence-corrected chi connectivity index (χ4v) is 0.167. The first-order valence-electron chi connectivity index (χ1n) is 1.53. The van der Waals surface area contributed by atoms with Gasteiger partial charge in [-0.3, -0.25) is 5.10 Å². The van der Waals surface area contributed by atoms with Crippen LogP contribution in [0.1, 0.15) is 0 Å². The third kappa shape index (κ3) is 6.24. The van der Waals surface area contributed by atoms with Crippen LogP contribution in [0.15, 0.2) is 12.4 Å². The van der Waals surface area contributed by atoms with E-state index in [2.05, 4.69) is 35.6 Å². The first-order valence-corrected chi connectivity index (χ1v) is 4.12. The zero-order chi connectivity index (χ0) is 6.24. The Bertz CT molecular complexity index is 82.2. The van der Waals surface area contributed by atoms with Gasteiger partial charge in [0.1, 0.15) is 0 Å². The fraction of sp³-hybridized carbons (Fsp3) is 0. The second-order valence-corrected chi connectivity index (χ2v) is 2.26. The summed E-state index contributed by atoms with van der Waals surface area (Å²) in [7, 11) is 9.34. The van der Waals surface area contributed by atoms with E-state index < -0.39 is 0 Å². The molecule has 0 spiro atoms. The van der Waals surface area contributed by atoms with Crippen molar-refractivity contribution >= 4 is 20.2 Å². The third-order valence-electron chi connectivity index (χ3n) is 0.331. The molecular weight excluding hydrogens is 200 g/mol. The molecule has 1 N–H and O–H groups in total. The van der Waals surface area contributed by atoms with Gasteiger partial charge in [-0.25, -0.2) is 0 Å². The maximum atomic E-state index is 4.67. The van der Waals surface area contributed by atoms with Gasteiger partial charge in [0, 0.05) is 6.20 Å². The maximum Gasteiger partial charge on any atom is 0.0690 e. The summed E-state index contributed by atoms with van der Waals surface area (Å²) in [4.78, 5) is 0. The Balaban J connectivity index is 0.000000145. The van der Waals surface area contributed by atoms with Crippen LogP contribution in [0.2, 0.25) is 0 Å². The maximum absolute atomic E-state index is 4.67. The van der Waals surface area contributed by atoms with E-state index in [9.17, 15) is 0 Å². The summed E-state index contributed by atoms with van der Waals surface area (Å²) in [5.41, 5.74) is 0. The molecule has 0 unspecified atom stereocenters. The minimum atomic E-state index is 0.757. The minimum Gasteiger partial charge on any atom is -0.266 e. The molecule has 1 heterocycles. The standard InChI is InChI=1S/C2H3N3.2ClH.Cu/c1-2-4-5-3-1;;;/h1-2H,(H,3,4,5);2*1H;/q;;;+2/p-2. The van der Waals surface area contributed by atoms with Gasteiger partial charge in [0.25, 0.3) is 0 Å². The number of hydrogen-bond acceptors (Lipinski definition) is 2. The van der Waals surface area contributed by atoms with Crippen molar-refractivity contribution in [2.45, 2.75) is 0 Å². The molecule has 1 aromatic rings.